The van der Waals surface area contributed by atoms with E-state index in [1.54, 1.807) is 6.26 Å². The van der Waals surface area contributed by atoms with Gasteiger partial charge in [-0.15, -0.1) is 0 Å². The summed E-state index contributed by atoms with van der Waals surface area (Å²) in [6.07, 6.45) is 0.382. The number of fused-ring (bicyclic) bond motifs is 2. The maximum absolute atomic E-state index is 10.3. The molecule has 0 saturated carbocycles. The third-order valence-corrected chi connectivity index (χ3v) is 5.59. The van der Waals surface area contributed by atoms with Crippen molar-refractivity contribution in [1.29, 1.82) is 0 Å². The number of hydrogen-bond donors (Lipinski definition) is 4. The minimum absolute atomic E-state index is 0.0271. The Morgan fingerprint density at radius 3 is 2.34 bits per heavy atom. The van der Waals surface area contributed by atoms with Gasteiger partial charge in [0.2, 0.25) is 0 Å². The molecule has 0 spiro atoms. The van der Waals surface area contributed by atoms with Gasteiger partial charge in [0, 0.05) is 30.5 Å². The molecule has 2 aromatic carbocycles. The zero-order valence-corrected chi connectivity index (χ0v) is 19.1. The quantitative estimate of drug-likeness (QED) is 0.392. The van der Waals surface area contributed by atoms with E-state index in [2.05, 4.69) is 42.3 Å². The maximum Gasteiger partial charge on any atom is 0.336 e. The predicted molar refractivity (Wildman–Crippen MR) is 124 cm³/mol. The zero-order valence-electron chi connectivity index (χ0n) is 19.1. The van der Waals surface area contributed by atoms with Crippen molar-refractivity contribution in [2.75, 3.05) is 13.6 Å². The fraction of sp³-hybridized carbons (Fsp3) is 0.320. The van der Waals surface area contributed by atoms with Crippen LogP contribution in [0.25, 0.3) is 10.8 Å². The third kappa shape index (κ3) is 6.58. The Morgan fingerprint density at radius 2 is 1.69 bits per heavy atom. The Balaban J connectivity index is 0.000000228. The molecule has 0 saturated heterocycles. The van der Waals surface area contributed by atoms with Crippen LogP contribution < -0.4 is 4.74 Å². The number of carbonyl (C=O) groups is 3. The van der Waals surface area contributed by atoms with Gasteiger partial charge in [0.1, 0.15) is 11.5 Å². The highest BCUT2D eigenvalue weighted by atomic mass is 16.5. The van der Waals surface area contributed by atoms with Gasteiger partial charge in [-0.05, 0) is 24.6 Å². The second-order valence-electron chi connectivity index (χ2n) is 8.40. The van der Waals surface area contributed by atoms with Crippen LogP contribution in [0, 0.1) is 0 Å². The van der Waals surface area contributed by atoms with Gasteiger partial charge >= 0.3 is 17.9 Å². The molecule has 4 N–H and O–H groups in total. The normalized spacial score (nSPS) is 15.9. The van der Waals surface area contributed by atoms with Gasteiger partial charge in [-0.2, -0.15) is 0 Å². The van der Waals surface area contributed by atoms with E-state index in [0.29, 0.717) is 0 Å². The lowest BCUT2D eigenvalue weighted by Crippen LogP contribution is -2.42. The van der Waals surface area contributed by atoms with Crippen LogP contribution in [-0.2, 0) is 20.9 Å². The highest BCUT2D eigenvalue weighted by Gasteiger charge is 2.40. The highest BCUT2D eigenvalue weighted by Crippen LogP contribution is 2.34. The van der Waals surface area contributed by atoms with Crippen molar-refractivity contribution in [3.05, 3.63) is 66.1 Å². The van der Waals surface area contributed by atoms with Crippen molar-refractivity contribution in [2.45, 2.75) is 37.5 Å². The van der Waals surface area contributed by atoms with Crippen molar-refractivity contribution in [3.8, 4) is 5.75 Å². The topological polar surface area (TPSA) is 158 Å². The van der Waals surface area contributed by atoms with Gasteiger partial charge < -0.3 is 34.5 Å². The lowest BCUT2D eigenvalue weighted by atomic mass is 9.96. The Hall–Kier alpha value is -3.89. The van der Waals surface area contributed by atoms with Crippen molar-refractivity contribution >= 4 is 28.7 Å². The molecule has 0 bridgehead atoms. The van der Waals surface area contributed by atoms with Crippen LogP contribution in [0.3, 0.4) is 0 Å². The smallest absolute Gasteiger partial charge is 0.336 e. The summed E-state index contributed by atoms with van der Waals surface area (Å²) in [5.41, 5.74) is -1.51. The number of rotatable bonds is 7. The summed E-state index contributed by atoms with van der Waals surface area (Å²) in [6, 6.07) is 16.6. The molecule has 4 rings (SSSR count). The van der Waals surface area contributed by atoms with Gasteiger partial charge in [-0.1, -0.05) is 36.4 Å². The first-order valence-corrected chi connectivity index (χ1v) is 10.9. The molecule has 2 heterocycles. The molecule has 0 aliphatic carbocycles. The number of nitrogens with zero attached hydrogens (tertiary/aromatic N) is 1. The second kappa shape index (κ2) is 11.0. The number of aliphatic carboxylic acids is 3. The Labute approximate surface area is 201 Å². The molecular weight excluding hydrogens is 458 g/mol. The molecule has 10 heteroatoms. The first-order valence-electron chi connectivity index (χ1n) is 10.9. The summed E-state index contributed by atoms with van der Waals surface area (Å²) < 4.78 is 12.1. The van der Waals surface area contributed by atoms with Crippen LogP contribution in [-0.4, -0.2) is 62.4 Å². The third-order valence-electron chi connectivity index (χ3n) is 5.59. The average Bonchev–Trinajstić information content (AvgIpc) is 3.18. The van der Waals surface area contributed by atoms with Crippen LogP contribution in [0.2, 0.25) is 0 Å². The van der Waals surface area contributed by atoms with Crippen molar-refractivity contribution in [3.63, 3.8) is 0 Å². The molecule has 35 heavy (non-hydrogen) atoms. The van der Waals surface area contributed by atoms with E-state index in [-0.39, 0.29) is 6.10 Å². The number of hydrogen-bond acceptors (Lipinski definition) is 7. The molecule has 0 radical (unpaired) electrons. The predicted octanol–water partition coefficient (Wildman–Crippen LogP) is 3.14. The van der Waals surface area contributed by atoms with Crippen molar-refractivity contribution in [2.24, 2.45) is 0 Å². The summed E-state index contributed by atoms with van der Waals surface area (Å²) >= 11 is 0. The monoisotopic (exact) mass is 485 g/mol. The van der Waals surface area contributed by atoms with Crippen LogP contribution in [0.5, 0.6) is 5.75 Å². The second-order valence-corrected chi connectivity index (χ2v) is 8.40. The largest absolute Gasteiger partial charge is 0.482 e. The lowest BCUT2D eigenvalue weighted by Gasteiger charge is -2.18. The first-order chi connectivity index (χ1) is 16.6. The molecule has 1 aromatic heterocycles. The molecule has 186 valence electrons. The summed E-state index contributed by atoms with van der Waals surface area (Å²) in [5.74, 6) is -3.12. The fourth-order valence-electron chi connectivity index (χ4n) is 3.88. The Kier molecular flexibility index (Phi) is 8.10. The maximum atomic E-state index is 10.3. The van der Waals surface area contributed by atoms with Gasteiger partial charge in [0.15, 0.2) is 11.7 Å². The van der Waals surface area contributed by atoms with Crippen molar-refractivity contribution < 1.29 is 44.0 Å². The number of benzene rings is 2. The number of furan rings is 1. The number of carboxylic acids is 3. The minimum Gasteiger partial charge on any atom is -0.482 e. The fourth-order valence-corrected chi connectivity index (χ4v) is 3.88. The molecule has 0 amide bonds. The lowest BCUT2D eigenvalue weighted by molar-refractivity contribution is -0.170. The van der Waals surface area contributed by atoms with Crippen LogP contribution in [0.1, 0.15) is 36.7 Å². The van der Waals surface area contributed by atoms with Gasteiger partial charge in [-0.25, -0.2) is 4.79 Å². The van der Waals surface area contributed by atoms with E-state index in [9.17, 15) is 14.4 Å². The van der Waals surface area contributed by atoms with E-state index in [4.69, 9.17) is 29.6 Å². The Bertz CT molecular complexity index is 1180. The van der Waals surface area contributed by atoms with Crippen LogP contribution >= 0.6 is 0 Å². The van der Waals surface area contributed by atoms with Crippen molar-refractivity contribution in [1.82, 2.24) is 4.90 Å². The molecule has 0 fully saturated rings. The average molecular weight is 485 g/mol. The Morgan fingerprint density at radius 1 is 1.03 bits per heavy atom. The molecule has 1 aliphatic heterocycles. The van der Waals surface area contributed by atoms with Crippen LogP contribution in [0.15, 0.2) is 59.2 Å². The number of aliphatic hydroxyl groups is 1. The van der Waals surface area contributed by atoms with E-state index >= 15 is 0 Å². The standard InChI is InChI=1S/C19H19NO2.C6H8O7/c1-20-11-9-18(19-15(13-20)10-12-21-19)22-17-8-4-6-14-5-2-3-7-16(14)17;7-3(8)1-6(13,5(11)12)2-4(9)10/h2-8,10,12,18H,9,11,13H2,1H3;13H,1-2H2,(H,7,8)(H,9,10)(H,11,12). The summed E-state index contributed by atoms with van der Waals surface area (Å²) in [6.45, 7) is 1.92. The summed E-state index contributed by atoms with van der Waals surface area (Å²) in [4.78, 5) is 32.8. The van der Waals surface area contributed by atoms with E-state index in [1.807, 2.05) is 18.2 Å². The number of carboxylic acid groups (broad SMARTS) is 3. The molecule has 10 nitrogen and oxygen atoms in total. The molecule has 1 atom stereocenters. The SMILES string of the molecule is CN1CCC(Oc2cccc3ccccc23)c2occc2C1.O=C(O)CC(O)(CC(=O)O)C(=O)O. The van der Waals surface area contributed by atoms with E-state index in [0.717, 1.165) is 36.4 Å². The summed E-state index contributed by atoms with van der Waals surface area (Å²) in [7, 11) is 2.14. The molecule has 1 aliphatic rings. The first kappa shape index (κ1) is 25.7. The highest BCUT2D eigenvalue weighted by molar-refractivity contribution is 5.88. The summed E-state index contributed by atoms with van der Waals surface area (Å²) in [5, 5.41) is 36.2. The molecule has 3 aromatic rings. The van der Waals surface area contributed by atoms with Crippen LogP contribution in [0.4, 0.5) is 0 Å². The van der Waals surface area contributed by atoms with Gasteiger partial charge in [0.05, 0.1) is 19.1 Å². The zero-order chi connectivity index (χ0) is 25.6. The minimum atomic E-state index is -2.74. The van der Waals surface area contributed by atoms with E-state index < -0.39 is 36.4 Å². The van der Waals surface area contributed by atoms with Gasteiger partial charge in [-0.3, -0.25) is 9.59 Å². The molecule has 1 unspecified atom stereocenters. The van der Waals surface area contributed by atoms with E-state index in [1.165, 1.54) is 10.9 Å². The van der Waals surface area contributed by atoms with Gasteiger partial charge in [0.25, 0.3) is 0 Å². The number of ether oxygens (including phenoxy) is 1. The molecular formula is C25H27NO9.